The van der Waals surface area contributed by atoms with E-state index < -0.39 is 0 Å². The summed E-state index contributed by atoms with van der Waals surface area (Å²) in [6, 6.07) is 9.43. The number of carbonyl (C=O) groups is 1. The highest BCUT2D eigenvalue weighted by atomic mass is 16.6. The standard InChI is InChI=1S/C17H27NO2/c1-3-5-8-14-16(13-6-4-2)20-17(19)18-15-11-9-7-10-12-15/h7,9-12,16H,3-6,8,13-14H2,1-2H3,(H,18,19)/t16-/m1/s1. The minimum Gasteiger partial charge on any atom is -0.446 e. The van der Waals surface area contributed by atoms with Crippen molar-refractivity contribution in [1.82, 2.24) is 0 Å². The van der Waals surface area contributed by atoms with Gasteiger partial charge in [0, 0.05) is 5.69 Å². The second kappa shape index (κ2) is 10.3. The van der Waals surface area contributed by atoms with Crippen molar-refractivity contribution < 1.29 is 9.53 Å². The van der Waals surface area contributed by atoms with E-state index in [1.807, 2.05) is 30.3 Å². The monoisotopic (exact) mass is 277 g/mol. The van der Waals surface area contributed by atoms with Crippen LogP contribution in [0.25, 0.3) is 0 Å². The molecule has 1 aromatic carbocycles. The van der Waals surface area contributed by atoms with Gasteiger partial charge in [-0.05, 0) is 31.4 Å². The lowest BCUT2D eigenvalue weighted by Crippen LogP contribution is -2.22. The number of nitrogens with one attached hydrogen (secondary N) is 1. The number of hydrogen-bond acceptors (Lipinski definition) is 2. The van der Waals surface area contributed by atoms with Crippen LogP contribution in [0.3, 0.4) is 0 Å². The number of amides is 1. The number of ether oxygens (including phenoxy) is 1. The zero-order valence-corrected chi connectivity index (χ0v) is 12.7. The van der Waals surface area contributed by atoms with Gasteiger partial charge in [-0.25, -0.2) is 4.79 Å². The lowest BCUT2D eigenvalue weighted by atomic mass is 10.1. The Morgan fingerprint density at radius 1 is 1.05 bits per heavy atom. The minimum atomic E-state index is -0.339. The average Bonchev–Trinajstić information content (AvgIpc) is 2.45. The summed E-state index contributed by atoms with van der Waals surface area (Å²) in [4.78, 5) is 11.9. The first kappa shape index (κ1) is 16.5. The van der Waals surface area contributed by atoms with E-state index in [9.17, 15) is 4.79 Å². The summed E-state index contributed by atoms with van der Waals surface area (Å²) in [6.07, 6.45) is 7.40. The Morgan fingerprint density at radius 2 is 1.70 bits per heavy atom. The Labute approximate surface area is 122 Å². The molecule has 3 nitrogen and oxygen atoms in total. The number of carbonyl (C=O) groups excluding carboxylic acids is 1. The lowest BCUT2D eigenvalue weighted by molar-refractivity contribution is 0.0965. The molecule has 0 spiro atoms. The topological polar surface area (TPSA) is 38.3 Å². The van der Waals surface area contributed by atoms with Crippen molar-refractivity contribution in [2.45, 2.75) is 64.9 Å². The molecule has 0 saturated carbocycles. The molecule has 0 aliphatic heterocycles. The van der Waals surface area contributed by atoms with Crippen LogP contribution in [0.5, 0.6) is 0 Å². The molecule has 112 valence electrons. The molecule has 0 unspecified atom stereocenters. The third-order valence-electron chi connectivity index (χ3n) is 3.30. The summed E-state index contributed by atoms with van der Waals surface area (Å²) in [5, 5.41) is 2.78. The highest BCUT2D eigenvalue weighted by Gasteiger charge is 2.13. The zero-order valence-electron chi connectivity index (χ0n) is 12.7. The van der Waals surface area contributed by atoms with Gasteiger partial charge in [0.2, 0.25) is 0 Å². The van der Waals surface area contributed by atoms with Crippen molar-refractivity contribution in [2.24, 2.45) is 0 Å². The van der Waals surface area contributed by atoms with Gasteiger partial charge in [0.05, 0.1) is 0 Å². The Balaban J connectivity index is 2.39. The van der Waals surface area contributed by atoms with Crippen LogP contribution in [0, 0.1) is 0 Å². The zero-order chi connectivity index (χ0) is 14.6. The molecule has 0 aliphatic carbocycles. The van der Waals surface area contributed by atoms with Crippen LogP contribution >= 0.6 is 0 Å². The maximum absolute atomic E-state index is 11.9. The van der Waals surface area contributed by atoms with Crippen LogP contribution in [-0.4, -0.2) is 12.2 Å². The van der Waals surface area contributed by atoms with Gasteiger partial charge in [0.1, 0.15) is 6.10 Å². The minimum absolute atomic E-state index is 0.0465. The molecule has 0 fully saturated rings. The van der Waals surface area contributed by atoms with Gasteiger partial charge in [0.25, 0.3) is 0 Å². The molecular formula is C17H27NO2. The van der Waals surface area contributed by atoms with Crippen molar-refractivity contribution in [1.29, 1.82) is 0 Å². The molecule has 0 saturated heterocycles. The predicted molar refractivity (Wildman–Crippen MR) is 84.0 cm³/mol. The van der Waals surface area contributed by atoms with E-state index in [0.717, 1.165) is 37.8 Å². The molecule has 0 bridgehead atoms. The fraction of sp³-hybridized carbons (Fsp3) is 0.588. The molecule has 0 aromatic heterocycles. The fourth-order valence-corrected chi connectivity index (χ4v) is 2.14. The van der Waals surface area contributed by atoms with Gasteiger partial charge in [-0.3, -0.25) is 5.32 Å². The summed E-state index contributed by atoms with van der Waals surface area (Å²) >= 11 is 0. The van der Waals surface area contributed by atoms with Crippen LogP contribution in [0.2, 0.25) is 0 Å². The van der Waals surface area contributed by atoms with Crippen molar-refractivity contribution in [3.63, 3.8) is 0 Å². The van der Waals surface area contributed by atoms with Crippen LogP contribution in [0.4, 0.5) is 10.5 Å². The van der Waals surface area contributed by atoms with Crippen molar-refractivity contribution in [3.05, 3.63) is 30.3 Å². The van der Waals surface area contributed by atoms with E-state index >= 15 is 0 Å². The number of benzene rings is 1. The summed E-state index contributed by atoms with van der Waals surface area (Å²) < 4.78 is 5.55. The lowest BCUT2D eigenvalue weighted by Gasteiger charge is -2.18. The maximum Gasteiger partial charge on any atom is 0.411 e. The second-order valence-corrected chi connectivity index (χ2v) is 5.16. The number of rotatable bonds is 9. The summed E-state index contributed by atoms with van der Waals surface area (Å²) in [5.74, 6) is 0. The maximum atomic E-state index is 11.9. The van der Waals surface area contributed by atoms with E-state index in [2.05, 4.69) is 19.2 Å². The smallest absolute Gasteiger partial charge is 0.411 e. The fourth-order valence-electron chi connectivity index (χ4n) is 2.14. The highest BCUT2D eigenvalue weighted by Crippen LogP contribution is 2.15. The molecule has 0 heterocycles. The average molecular weight is 277 g/mol. The molecule has 1 atom stereocenters. The second-order valence-electron chi connectivity index (χ2n) is 5.16. The quantitative estimate of drug-likeness (QED) is 0.616. The van der Waals surface area contributed by atoms with E-state index in [1.165, 1.54) is 12.8 Å². The largest absolute Gasteiger partial charge is 0.446 e. The van der Waals surface area contributed by atoms with E-state index in [1.54, 1.807) is 0 Å². The first-order chi connectivity index (χ1) is 9.76. The molecule has 0 radical (unpaired) electrons. The van der Waals surface area contributed by atoms with Gasteiger partial charge in [-0.1, -0.05) is 57.7 Å². The van der Waals surface area contributed by atoms with Crippen molar-refractivity contribution >= 4 is 11.8 Å². The molecule has 0 aliphatic rings. The first-order valence-corrected chi connectivity index (χ1v) is 7.79. The van der Waals surface area contributed by atoms with Crippen molar-refractivity contribution in [2.75, 3.05) is 5.32 Å². The Morgan fingerprint density at radius 3 is 2.35 bits per heavy atom. The molecule has 1 N–H and O–H groups in total. The predicted octanol–water partition coefficient (Wildman–Crippen LogP) is 5.37. The van der Waals surface area contributed by atoms with Gasteiger partial charge >= 0.3 is 6.09 Å². The molecule has 1 aromatic rings. The van der Waals surface area contributed by atoms with E-state index in [0.29, 0.717) is 0 Å². The van der Waals surface area contributed by atoms with E-state index in [-0.39, 0.29) is 12.2 Å². The van der Waals surface area contributed by atoms with Crippen LogP contribution in [-0.2, 0) is 4.74 Å². The number of hydrogen-bond donors (Lipinski definition) is 1. The number of para-hydroxylation sites is 1. The van der Waals surface area contributed by atoms with Crippen LogP contribution < -0.4 is 5.32 Å². The van der Waals surface area contributed by atoms with Gasteiger partial charge in [-0.15, -0.1) is 0 Å². The Bertz CT molecular complexity index is 365. The van der Waals surface area contributed by atoms with Crippen LogP contribution in [0.1, 0.15) is 58.8 Å². The van der Waals surface area contributed by atoms with E-state index in [4.69, 9.17) is 4.74 Å². The summed E-state index contributed by atoms with van der Waals surface area (Å²) in [6.45, 7) is 4.34. The normalized spacial score (nSPS) is 11.9. The Hall–Kier alpha value is -1.51. The third-order valence-corrected chi connectivity index (χ3v) is 3.30. The van der Waals surface area contributed by atoms with Gasteiger partial charge in [-0.2, -0.15) is 0 Å². The molecule has 1 rings (SSSR count). The molecule has 20 heavy (non-hydrogen) atoms. The first-order valence-electron chi connectivity index (χ1n) is 7.79. The number of unbranched alkanes of at least 4 members (excludes halogenated alkanes) is 3. The van der Waals surface area contributed by atoms with Gasteiger partial charge in [0.15, 0.2) is 0 Å². The van der Waals surface area contributed by atoms with Crippen LogP contribution in [0.15, 0.2) is 30.3 Å². The molecule has 1 amide bonds. The SMILES string of the molecule is CCCCC[C@@H](CCCC)OC(=O)Nc1ccccc1. The van der Waals surface area contributed by atoms with Gasteiger partial charge < -0.3 is 4.74 Å². The third kappa shape index (κ3) is 7.17. The molecule has 3 heteroatoms. The van der Waals surface area contributed by atoms with Crippen molar-refractivity contribution in [3.8, 4) is 0 Å². The molecular weight excluding hydrogens is 250 g/mol. The highest BCUT2D eigenvalue weighted by molar-refractivity contribution is 5.84. The number of anilines is 1. The Kier molecular flexibility index (Phi) is 8.52. The summed E-state index contributed by atoms with van der Waals surface area (Å²) in [5.41, 5.74) is 0.778. The summed E-state index contributed by atoms with van der Waals surface area (Å²) in [7, 11) is 0.